The SMILES string of the molecule is CC(=O)Nc1[c-]ccc(C)c1.[Y]. The van der Waals surface area contributed by atoms with Gasteiger partial charge in [0.1, 0.15) is 0 Å². The molecule has 1 aromatic carbocycles. The first-order valence-electron chi connectivity index (χ1n) is 3.44. The average molecular weight is 237 g/mol. The number of nitrogens with one attached hydrogen (secondary N) is 1. The van der Waals surface area contributed by atoms with Crippen molar-refractivity contribution in [3.63, 3.8) is 0 Å². The van der Waals surface area contributed by atoms with E-state index in [0.29, 0.717) is 0 Å². The molecule has 0 aliphatic heterocycles. The van der Waals surface area contributed by atoms with Crippen LogP contribution in [0.1, 0.15) is 12.5 Å². The molecule has 1 rings (SSSR count). The Morgan fingerprint density at radius 3 is 2.75 bits per heavy atom. The molecule has 2 nitrogen and oxygen atoms in total. The number of carbonyl (C=O) groups excluding carboxylic acids is 1. The van der Waals surface area contributed by atoms with E-state index < -0.39 is 0 Å². The molecule has 1 amide bonds. The normalized spacial score (nSPS) is 8.50. The zero-order valence-corrected chi connectivity index (χ0v) is 10.1. The van der Waals surface area contributed by atoms with Crippen molar-refractivity contribution in [3.05, 3.63) is 29.8 Å². The first-order chi connectivity index (χ1) is 5.18. The van der Waals surface area contributed by atoms with Crippen LogP contribution in [-0.2, 0) is 37.5 Å². The summed E-state index contributed by atoms with van der Waals surface area (Å²) in [5.41, 5.74) is 1.85. The molecule has 0 fully saturated rings. The van der Waals surface area contributed by atoms with Crippen LogP contribution in [0, 0.1) is 13.0 Å². The molecule has 0 atom stereocenters. The van der Waals surface area contributed by atoms with E-state index in [2.05, 4.69) is 11.4 Å². The van der Waals surface area contributed by atoms with E-state index in [1.54, 1.807) is 6.07 Å². The van der Waals surface area contributed by atoms with Gasteiger partial charge in [-0.05, 0) is 0 Å². The number of anilines is 1. The van der Waals surface area contributed by atoms with Crippen LogP contribution >= 0.6 is 0 Å². The molecule has 1 N–H and O–H groups in total. The summed E-state index contributed by atoms with van der Waals surface area (Å²) in [6, 6.07) is 8.51. The predicted molar refractivity (Wildman–Crippen MR) is 44.3 cm³/mol. The quantitative estimate of drug-likeness (QED) is 0.740. The van der Waals surface area contributed by atoms with Crippen molar-refractivity contribution in [2.45, 2.75) is 13.8 Å². The molecule has 0 saturated carbocycles. The molecule has 1 radical (unpaired) electrons. The third kappa shape index (κ3) is 3.98. The summed E-state index contributed by atoms with van der Waals surface area (Å²) in [6.07, 6.45) is 0. The Kier molecular flexibility index (Phi) is 5.35. The van der Waals surface area contributed by atoms with E-state index in [4.69, 9.17) is 0 Å². The summed E-state index contributed by atoms with van der Waals surface area (Å²) in [5, 5.41) is 2.65. The van der Waals surface area contributed by atoms with Gasteiger partial charge in [0.25, 0.3) is 0 Å². The van der Waals surface area contributed by atoms with Crippen molar-refractivity contribution in [3.8, 4) is 0 Å². The fourth-order valence-electron chi connectivity index (χ4n) is 0.842. The number of aryl methyl sites for hydroxylation is 1. The Hall–Kier alpha value is -0.206. The summed E-state index contributed by atoms with van der Waals surface area (Å²) in [4.78, 5) is 10.6. The number of hydrogen-bond donors (Lipinski definition) is 1. The topological polar surface area (TPSA) is 29.1 Å². The van der Waals surface area contributed by atoms with Crippen LogP contribution in [0.4, 0.5) is 5.69 Å². The number of hydrogen-bond acceptors (Lipinski definition) is 1. The second-order valence-corrected chi connectivity index (χ2v) is 2.46. The molecule has 1 aromatic rings. The molecule has 0 saturated heterocycles. The van der Waals surface area contributed by atoms with Gasteiger partial charge in [-0.25, -0.2) is 0 Å². The van der Waals surface area contributed by atoms with E-state index in [1.807, 2.05) is 19.1 Å². The van der Waals surface area contributed by atoms with Gasteiger partial charge in [0, 0.05) is 39.6 Å². The van der Waals surface area contributed by atoms with Crippen LogP contribution < -0.4 is 5.32 Å². The number of rotatable bonds is 1. The van der Waals surface area contributed by atoms with Crippen molar-refractivity contribution in [1.29, 1.82) is 0 Å². The average Bonchev–Trinajstić information content (AvgIpc) is 1.85. The molecule has 0 spiro atoms. The van der Waals surface area contributed by atoms with E-state index in [0.717, 1.165) is 11.3 Å². The van der Waals surface area contributed by atoms with Crippen molar-refractivity contribution >= 4 is 11.6 Å². The van der Waals surface area contributed by atoms with Crippen LogP contribution in [0.5, 0.6) is 0 Å². The second-order valence-electron chi connectivity index (χ2n) is 2.46. The molecule has 0 aliphatic rings. The minimum atomic E-state index is -0.0631. The Morgan fingerprint density at radius 2 is 2.25 bits per heavy atom. The molecular weight excluding hydrogens is 227 g/mol. The number of amides is 1. The zero-order chi connectivity index (χ0) is 8.27. The van der Waals surface area contributed by atoms with Crippen LogP contribution in [0.3, 0.4) is 0 Å². The first kappa shape index (κ1) is 11.8. The van der Waals surface area contributed by atoms with Crippen molar-refractivity contribution in [2.24, 2.45) is 0 Å². The Labute approximate surface area is 97.6 Å². The van der Waals surface area contributed by atoms with Gasteiger partial charge in [-0.1, -0.05) is 12.6 Å². The number of carbonyl (C=O) groups is 1. The van der Waals surface area contributed by atoms with Crippen LogP contribution in [0.15, 0.2) is 18.2 Å². The van der Waals surface area contributed by atoms with Gasteiger partial charge in [-0.3, -0.25) is 4.79 Å². The van der Waals surface area contributed by atoms with Crippen LogP contribution in [-0.4, -0.2) is 5.91 Å². The monoisotopic (exact) mass is 237 g/mol. The summed E-state index contributed by atoms with van der Waals surface area (Å²) in [5.74, 6) is -0.0631. The van der Waals surface area contributed by atoms with Crippen molar-refractivity contribution in [1.82, 2.24) is 0 Å². The third-order valence-corrected chi connectivity index (χ3v) is 1.27. The summed E-state index contributed by atoms with van der Waals surface area (Å²) in [6.45, 7) is 3.45. The molecule has 0 heterocycles. The fourth-order valence-corrected chi connectivity index (χ4v) is 0.842. The maximum Gasteiger partial charge on any atom is 0.219 e. The maximum atomic E-state index is 10.6. The summed E-state index contributed by atoms with van der Waals surface area (Å²) < 4.78 is 0. The van der Waals surface area contributed by atoms with E-state index in [1.165, 1.54) is 6.92 Å². The smallest absolute Gasteiger partial charge is 0.219 e. The molecule has 0 aliphatic carbocycles. The Bertz CT molecular complexity index is 273. The molecule has 0 unspecified atom stereocenters. The van der Waals surface area contributed by atoms with Gasteiger partial charge in [-0.15, -0.1) is 6.07 Å². The van der Waals surface area contributed by atoms with E-state index in [-0.39, 0.29) is 38.6 Å². The standard InChI is InChI=1S/C9H10NO.Y/c1-7-4-3-5-9(6-7)10-8(2)11;/h3-4,6H,1-2H3,(H,10,11);/q-1;. The Morgan fingerprint density at radius 1 is 1.58 bits per heavy atom. The minimum Gasteiger partial charge on any atom is -0.350 e. The Balaban J connectivity index is 0.00000121. The zero-order valence-electron chi connectivity index (χ0n) is 7.22. The maximum absolute atomic E-state index is 10.6. The largest absolute Gasteiger partial charge is 0.350 e. The van der Waals surface area contributed by atoms with Gasteiger partial charge >= 0.3 is 0 Å². The van der Waals surface area contributed by atoms with Gasteiger partial charge in [0.15, 0.2) is 0 Å². The van der Waals surface area contributed by atoms with Gasteiger partial charge in [0.05, 0.1) is 0 Å². The van der Waals surface area contributed by atoms with E-state index in [9.17, 15) is 4.79 Å². The minimum absolute atomic E-state index is 0. The van der Waals surface area contributed by atoms with E-state index >= 15 is 0 Å². The number of benzene rings is 1. The molecule has 3 heteroatoms. The van der Waals surface area contributed by atoms with Gasteiger partial charge in [-0.2, -0.15) is 23.8 Å². The summed E-state index contributed by atoms with van der Waals surface area (Å²) in [7, 11) is 0. The van der Waals surface area contributed by atoms with Crippen LogP contribution in [0.25, 0.3) is 0 Å². The summed E-state index contributed by atoms with van der Waals surface area (Å²) >= 11 is 0. The molecular formula is C9H10NOY-. The van der Waals surface area contributed by atoms with Crippen LogP contribution in [0.2, 0.25) is 0 Å². The van der Waals surface area contributed by atoms with Crippen molar-refractivity contribution in [2.75, 3.05) is 5.32 Å². The predicted octanol–water partition coefficient (Wildman–Crippen LogP) is 1.75. The second kappa shape index (κ2) is 5.44. The van der Waals surface area contributed by atoms with Gasteiger partial charge < -0.3 is 5.32 Å². The molecule has 0 bridgehead atoms. The van der Waals surface area contributed by atoms with Gasteiger partial charge in [0.2, 0.25) is 5.91 Å². The first-order valence-corrected chi connectivity index (χ1v) is 3.44. The van der Waals surface area contributed by atoms with Crippen molar-refractivity contribution < 1.29 is 37.5 Å². The molecule has 0 aromatic heterocycles. The molecule has 61 valence electrons. The third-order valence-electron chi connectivity index (χ3n) is 1.27. The molecule has 12 heavy (non-hydrogen) atoms. The fraction of sp³-hybridized carbons (Fsp3) is 0.222.